The molecule has 7 nitrogen and oxygen atoms in total. The van der Waals surface area contributed by atoms with Gasteiger partial charge < -0.3 is 11.1 Å². The molecule has 0 spiro atoms. The van der Waals surface area contributed by atoms with Gasteiger partial charge in [-0.1, -0.05) is 6.07 Å². The molecule has 0 aliphatic carbocycles. The molecule has 2 aliphatic heterocycles. The van der Waals surface area contributed by atoms with Crippen molar-refractivity contribution in [3.63, 3.8) is 0 Å². The summed E-state index contributed by atoms with van der Waals surface area (Å²) in [5.74, 6) is 0.128. The molecule has 3 rings (SSSR count). The van der Waals surface area contributed by atoms with E-state index in [9.17, 15) is 9.59 Å². The van der Waals surface area contributed by atoms with Gasteiger partial charge in [0.05, 0.1) is 11.4 Å². The second-order valence-electron chi connectivity index (χ2n) is 3.94. The van der Waals surface area contributed by atoms with Gasteiger partial charge in [0.1, 0.15) is 5.70 Å². The van der Waals surface area contributed by atoms with E-state index in [2.05, 4.69) is 15.5 Å². The van der Waals surface area contributed by atoms with Crippen molar-refractivity contribution in [2.75, 3.05) is 6.54 Å². The van der Waals surface area contributed by atoms with Crippen molar-refractivity contribution in [3.05, 3.63) is 45.7 Å². The Kier molecular flexibility index (Phi) is 2.64. The first-order chi connectivity index (χ1) is 9.15. The maximum Gasteiger partial charge on any atom is 0.319 e. The van der Waals surface area contributed by atoms with Crippen molar-refractivity contribution in [2.24, 2.45) is 16.0 Å². The molecule has 3 amide bonds. The average molecular weight is 275 g/mol. The number of fused-ring (bicyclic) bond motifs is 1. The van der Waals surface area contributed by atoms with E-state index in [4.69, 9.17) is 5.73 Å². The first kappa shape index (κ1) is 11.6. The summed E-state index contributed by atoms with van der Waals surface area (Å²) in [4.78, 5) is 24.9. The number of urea groups is 1. The molecule has 0 saturated carbocycles. The van der Waals surface area contributed by atoms with Gasteiger partial charge in [-0.2, -0.15) is 0 Å². The summed E-state index contributed by atoms with van der Waals surface area (Å²) in [6.45, 7) is 0.276. The SMILES string of the molecule is NC(=O)N1C=C2N=NC(NC(=O)c3cccs3)=C2C1. The number of nitrogens with zero attached hydrogens (tertiary/aromatic N) is 3. The predicted molar refractivity (Wildman–Crippen MR) is 68.0 cm³/mol. The van der Waals surface area contributed by atoms with Crippen molar-refractivity contribution in [2.45, 2.75) is 0 Å². The van der Waals surface area contributed by atoms with Gasteiger partial charge in [0.2, 0.25) is 0 Å². The molecule has 0 saturated heterocycles. The molecule has 3 N–H and O–H groups in total. The summed E-state index contributed by atoms with van der Waals surface area (Å²) in [5, 5.41) is 12.3. The fourth-order valence-electron chi connectivity index (χ4n) is 1.79. The van der Waals surface area contributed by atoms with Crippen molar-refractivity contribution in [1.29, 1.82) is 0 Å². The lowest BCUT2D eigenvalue weighted by atomic mass is 10.2. The van der Waals surface area contributed by atoms with Crippen LogP contribution in [0.3, 0.4) is 0 Å². The Morgan fingerprint density at radius 3 is 2.95 bits per heavy atom. The molecule has 0 bridgehead atoms. The van der Waals surface area contributed by atoms with Crippen LogP contribution in [0, 0.1) is 0 Å². The molecule has 96 valence electrons. The highest BCUT2D eigenvalue weighted by atomic mass is 32.1. The zero-order valence-corrected chi connectivity index (χ0v) is 10.5. The average Bonchev–Trinajstić information content (AvgIpc) is 3.05. The Morgan fingerprint density at radius 2 is 2.26 bits per heavy atom. The van der Waals surface area contributed by atoms with Crippen LogP contribution in [0.2, 0.25) is 0 Å². The smallest absolute Gasteiger partial charge is 0.319 e. The zero-order chi connectivity index (χ0) is 13.4. The molecule has 0 unspecified atom stereocenters. The third-order valence-electron chi connectivity index (χ3n) is 2.72. The van der Waals surface area contributed by atoms with E-state index in [1.807, 2.05) is 5.38 Å². The van der Waals surface area contributed by atoms with Crippen LogP contribution in [0.4, 0.5) is 4.79 Å². The third-order valence-corrected chi connectivity index (χ3v) is 3.59. The largest absolute Gasteiger partial charge is 0.351 e. The summed E-state index contributed by atoms with van der Waals surface area (Å²) in [7, 11) is 0. The van der Waals surface area contributed by atoms with E-state index in [0.29, 0.717) is 22.0 Å². The van der Waals surface area contributed by atoms with Crippen LogP contribution in [0.5, 0.6) is 0 Å². The minimum Gasteiger partial charge on any atom is -0.351 e. The number of thiophene rings is 1. The highest BCUT2D eigenvalue weighted by Crippen LogP contribution is 2.30. The Hall–Kier alpha value is -2.48. The number of primary amides is 1. The molecule has 1 aromatic rings. The summed E-state index contributed by atoms with van der Waals surface area (Å²) in [6, 6.07) is 2.95. The quantitative estimate of drug-likeness (QED) is 0.852. The summed E-state index contributed by atoms with van der Waals surface area (Å²) in [6.07, 6.45) is 1.52. The molecule has 1 aromatic heterocycles. The van der Waals surface area contributed by atoms with Gasteiger partial charge in [-0.15, -0.1) is 21.6 Å². The molecule has 0 fully saturated rings. The van der Waals surface area contributed by atoms with Crippen LogP contribution in [0.1, 0.15) is 9.67 Å². The van der Waals surface area contributed by atoms with E-state index >= 15 is 0 Å². The van der Waals surface area contributed by atoms with Crippen molar-refractivity contribution >= 4 is 23.3 Å². The Bertz CT molecular complexity index is 644. The number of rotatable bonds is 2. The van der Waals surface area contributed by atoms with Gasteiger partial charge in [-0.25, -0.2) is 4.79 Å². The van der Waals surface area contributed by atoms with Crippen LogP contribution < -0.4 is 11.1 Å². The first-order valence-electron chi connectivity index (χ1n) is 5.43. The maximum absolute atomic E-state index is 11.9. The van der Waals surface area contributed by atoms with E-state index in [1.54, 1.807) is 12.1 Å². The number of carbonyl (C=O) groups is 2. The molecule has 8 heteroatoms. The van der Waals surface area contributed by atoms with E-state index in [0.717, 1.165) is 0 Å². The Balaban J connectivity index is 1.80. The molecule has 0 radical (unpaired) electrons. The van der Waals surface area contributed by atoms with Crippen LogP contribution in [0.25, 0.3) is 0 Å². The zero-order valence-electron chi connectivity index (χ0n) is 9.66. The number of nitrogens with two attached hydrogens (primary N) is 1. The van der Waals surface area contributed by atoms with E-state index < -0.39 is 6.03 Å². The predicted octanol–water partition coefficient (Wildman–Crippen LogP) is 1.39. The normalized spacial score (nSPS) is 16.6. The second-order valence-corrected chi connectivity index (χ2v) is 4.89. The van der Waals surface area contributed by atoms with Crippen LogP contribution in [-0.4, -0.2) is 23.4 Å². The van der Waals surface area contributed by atoms with Crippen LogP contribution in [0.15, 0.2) is 51.0 Å². The third kappa shape index (κ3) is 2.02. The molecule has 0 aromatic carbocycles. The molecule has 2 aliphatic rings. The fourth-order valence-corrected chi connectivity index (χ4v) is 2.41. The number of hydrogen-bond acceptors (Lipinski definition) is 5. The van der Waals surface area contributed by atoms with E-state index in [1.165, 1.54) is 22.4 Å². The molecular weight excluding hydrogens is 266 g/mol. The Morgan fingerprint density at radius 1 is 1.42 bits per heavy atom. The van der Waals surface area contributed by atoms with Crippen molar-refractivity contribution in [3.8, 4) is 0 Å². The topological polar surface area (TPSA) is 100 Å². The van der Waals surface area contributed by atoms with Crippen molar-refractivity contribution < 1.29 is 9.59 Å². The van der Waals surface area contributed by atoms with Gasteiger partial charge >= 0.3 is 6.03 Å². The minimum atomic E-state index is -0.562. The molecular formula is C11H9N5O2S. The Labute approximate surface area is 112 Å². The van der Waals surface area contributed by atoms with Crippen LogP contribution in [-0.2, 0) is 0 Å². The molecule has 0 atom stereocenters. The number of nitrogens with one attached hydrogen (secondary N) is 1. The van der Waals surface area contributed by atoms with Gasteiger partial charge in [0, 0.05) is 11.8 Å². The highest BCUT2D eigenvalue weighted by Gasteiger charge is 2.29. The number of hydrogen-bond donors (Lipinski definition) is 2. The van der Waals surface area contributed by atoms with E-state index in [-0.39, 0.29) is 12.5 Å². The fraction of sp³-hybridized carbons (Fsp3) is 0.0909. The monoisotopic (exact) mass is 275 g/mol. The molecule has 3 heterocycles. The second kappa shape index (κ2) is 4.32. The van der Waals surface area contributed by atoms with Crippen LogP contribution >= 0.6 is 11.3 Å². The highest BCUT2D eigenvalue weighted by molar-refractivity contribution is 7.12. The van der Waals surface area contributed by atoms with Gasteiger partial charge in [-0.05, 0) is 11.4 Å². The number of amides is 3. The van der Waals surface area contributed by atoms with Crippen molar-refractivity contribution in [1.82, 2.24) is 10.2 Å². The lowest BCUT2D eigenvalue weighted by molar-refractivity contribution is 0.0969. The summed E-state index contributed by atoms with van der Waals surface area (Å²) >= 11 is 1.34. The number of carbonyl (C=O) groups excluding carboxylic acids is 2. The lowest BCUT2D eigenvalue weighted by Crippen LogP contribution is -2.30. The maximum atomic E-state index is 11.9. The van der Waals surface area contributed by atoms with Gasteiger partial charge in [-0.3, -0.25) is 9.69 Å². The minimum absolute atomic E-state index is 0.241. The van der Waals surface area contributed by atoms with Gasteiger partial charge in [0.25, 0.3) is 5.91 Å². The summed E-state index contributed by atoms with van der Waals surface area (Å²) < 4.78 is 0. The van der Waals surface area contributed by atoms with Gasteiger partial charge in [0.15, 0.2) is 5.82 Å². The lowest BCUT2D eigenvalue weighted by Gasteiger charge is -2.09. The first-order valence-corrected chi connectivity index (χ1v) is 6.31. The number of azo groups is 1. The standard InChI is InChI=1S/C11H9N5O2S/c12-11(18)16-4-6-7(5-16)14-15-9(6)13-10(17)8-2-1-3-19-8/h1-3,5H,4H2,(H2,12,18)(H,13,17). The summed E-state index contributed by atoms with van der Waals surface area (Å²) in [5.41, 5.74) is 6.44. The molecule has 19 heavy (non-hydrogen) atoms.